The lowest BCUT2D eigenvalue weighted by molar-refractivity contribution is 0.0478. The van der Waals surface area contributed by atoms with E-state index in [-0.39, 0.29) is 29.9 Å². The summed E-state index contributed by atoms with van der Waals surface area (Å²) >= 11 is 2.78. The Morgan fingerprint density at radius 3 is 2.05 bits per heavy atom. The molecular formula is C13H13BrO5. The highest BCUT2D eigenvalue weighted by molar-refractivity contribution is 9.18. The first kappa shape index (κ1) is 15.4. The molecule has 0 aromatic heterocycles. The monoisotopic (exact) mass is 328 g/mol. The Morgan fingerprint density at radius 2 is 1.53 bits per heavy atom. The molecule has 0 atom stereocenters. The Balaban J connectivity index is 3.37. The molecule has 0 radical (unpaired) electrons. The summed E-state index contributed by atoms with van der Waals surface area (Å²) in [5, 5.41) is 0. The molecule has 0 aliphatic heterocycles. The second-order valence-corrected chi connectivity index (χ2v) is 4.16. The molecule has 6 heteroatoms. The number of halogens is 1. The minimum absolute atomic E-state index is 0.0191. The van der Waals surface area contributed by atoms with Crippen molar-refractivity contribution in [2.45, 2.75) is 13.8 Å². The van der Waals surface area contributed by atoms with Gasteiger partial charge in [0.15, 0.2) is 0 Å². The number of rotatable bonds is 5. The lowest BCUT2D eigenvalue weighted by Gasteiger charge is -2.10. The highest BCUT2D eigenvalue weighted by Gasteiger charge is 2.24. The van der Waals surface area contributed by atoms with Crippen LogP contribution in [0, 0.1) is 0 Å². The number of benzene rings is 1. The third-order valence-corrected chi connectivity index (χ3v) is 2.68. The summed E-state index contributed by atoms with van der Waals surface area (Å²) in [5.41, 5.74) is 0.0132. The van der Waals surface area contributed by atoms with Crippen molar-refractivity contribution in [1.29, 1.82) is 0 Å². The zero-order valence-electron chi connectivity index (χ0n) is 10.6. The van der Waals surface area contributed by atoms with Crippen LogP contribution in [0.5, 0.6) is 0 Å². The molecule has 0 bridgehead atoms. The number of hydrogen-bond acceptors (Lipinski definition) is 5. The number of esters is 2. The molecule has 0 aliphatic carbocycles. The molecule has 0 saturated carbocycles. The van der Waals surface area contributed by atoms with E-state index in [0.717, 1.165) is 0 Å². The summed E-state index contributed by atoms with van der Waals surface area (Å²) in [4.78, 5) is 35.2. The maximum atomic E-state index is 11.9. The van der Waals surface area contributed by atoms with Crippen LogP contribution in [0.4, 0.5) is 0 Å². The highest BCUT2D eigenvalue weighted by Crippen LogP contribution is 2.20. The summed E-state index contributed by atoms with van der Waals surface area (Å²) in [6.45, 7) is 3.61. The van der Waals surface area contributed by atoms with Crippen LogP contribution in [0.25, 0.3) is 0 Å². The van der Waals surface area contributed by atoms with Gasteiger partial charge in [-0.2, -0.15) is 0 Å². The van der Waals surface area contributed by atoms with Gasteiger partial charge in [-0.25, -0.2) is 9.59 Å². The molecule has 0 amide bonds. The maximum Gasteiger partial charge on any atom is 0.339 e. The van der Waals surface area contributed by atoms with Crippen molar-refractivity contribution in [3.8, 4) is 0 Å². The average Bonchev–Trinajstić information content (AvgIpc) is 2.38. The fourth-order valence-corrected chi connectivity index (χ4v) is 1.85. The van der Waals surface area contributed by atoms with Gasteiger partial charge in [0, 0.05) is 5.56 Å². The van der Waals surface area contributed by atoms with Gasteiger partial charge in [0.2, 0.25) is 4.69 Å². The summed E-state index contributed by atoms with van der Waals surface area (Å²) < 4.78 is 9.23. The lowest BCUT2D eigenvalue weighted by Crippen LogP contribution is -2.17. The molecule has 1 aromatic carbocycles. The first-order chi connectivity index (χ1) is 9.02. The maximum absolute atomic E-state index is 11.9. The smallest absolute Gasteiger partial charge is 0.339 e. The Morgan fingerprint density at radius 1 is 1.00 bits per heavy atom. The van der Waals surface area contributed by atoms with E-state index in [9.17, 15) is 14.4 Å². The molecule has 0 saturated heterocycles. The number of hydrogen-bond donors (Lipinski definition) is 0. The first-order valence-corrected chi connectivity index (χ1v) is 6.49. The summed E-state index contributed by atoms with van der Waals surface area (Å²) in [6.07, 6.45) is 0. The van der Waals surface area contributed by atoms with E-state index in [1.165, 1.54) is 18.2 Å². The van der Waals surface area contributed by atoms with E-state index in [1.807, 2.05) is 0 Å². The SMILES string of the molecule is CCOC(=O)c1cccc(C(=O)Br)c1C(=O)OCC. The Labute approximate surface area is 119 Å². The molecule has 0 aliphatic rings. The minimum Gasteiger partial charge on any atom is -0.462 e. The molecule has 1 aromatic rings. The summed E-state index contributed by atoms with van der Waals surface area (Å²) in [6, 6.07) is 4.36. The van der Waals surface area contributed by atoms with Gasteiger partial charge in [-0.1, -0.05) is 6.07 Å². The van der Waals surface area contributed by atoms with Crippen LogP contribution >= 0.6 is 15.9 Å². The average molecular weight is 329 g/mol. The van der Waals surface area contributed by atoms with Gasteiger partial charge in [-0.3, -0.25) is 4.79 Å². The van der Waals surface area contributed by atoms with Crippen molar-refractivity contribution in [2.75, 3.05) is 13.2 Å². The number of ether oxygens (including phenoxy) is 2. The summed E-state index contributed by atoms with van der Waals surface area (Å²) in [7, 11) is 0. The Bertz CT molecular complexity index is 510. The van der Waals surface area contributed by atoms with Gasteiger partial charge in [0.05, 0.1) is 24.3 Å². The van der Waals surface area contributed by atoms with Crippen LogP contribution in [0.15, 0.2) is 18.2 Å². The van der Waals surface area contributed by atoms with Crippen molar-refractivity contribution in [1.82, 2.24) is 0 Å². The quantitative estimate of drug-likeness (QED) is 0.613. The van der Waals surface area contributed by atoms with Gasteiger partial charge in [-0.05, 0) is 41.9 Å². The summed E-state index contributed by atoms with van der Waals surface area (Å²) in [5.74, 6) is -1.39. The molecule has 0 heterocycles. The van der Waals surface area contributed by atoms with Gasteiger partial charge in [0.25, 0.3) is 0 Å². The largest absolute Gasteiger partial charge is 0.462 e. The van der Waals surface area contributed by atoms with Crippen molar-refractivity contribution < 1.29 is 23.9 Å². The van der Waals surface area contributed by atoms with Gasteiger partial charge >= 0.3 is 11.9 Å². The topological polar surface area (TPSA) is 69.7 Å². The Kier molecular flexibility index (Phi) is 5.69. The fourth-order valence-electron chi connectivity index (χ4n) is 1.52. The van der Waals surface area contributed by atoms with Crippen LogP contribution in [0.3, 0.4) is 0 Å². The van der Waals surface area contributed by atoms with Gasteiger partial charge in [0.1, 0.15) is 0 Å². The zero-order chi connectivity index (χ0) is 14.4. The molecule has 1 rings (SSSR count). The van der Waals surface area contributed by atoms with Crippen molar-refractivity contribution >= 4 is 32.6 Å². The molecule has 102 valence electrons. The van der Waals surface area contributed by atoms with E-state index in [0.29, 0.717) is 0 Å². The predicted molar refractivity (Wildman–Crippen MR) is 71.6 cm³/mol. The van der Waals surface area contributed by atoms with Crippen LogP contribution in [-0.2, 0) is 9.47 Å². The molecule has 0 fully saturated rings. The molecule has 5 nitrogen and oxygen atoms in total. The van der Waals surface area contributed by atoms with Gasteiger partial charge in [-0.15, -0.1) is 0 Å². The standard InChI is InChI=1S/C13H13BrO5/c1-3-18-12(16)9-7-5-6-8(11(14)15)10(9)13(17)19-4-2/h5-7H,3-4H2,1-2H3. The van der Waals surface area contributed by atoms with E-state index < -0.39 is 16.6 Å². The molecule has 0 unspecified atom stereocenters. The van der Waals surface area contributed by atoms with E-state index >= 15 is 0 Å². The van der Waals surface area contributed by atoms with Crippen LogP contribution in [0.1, 0.15) is 44.9 Å². The number of carbonyl (C=O) groups is 3. The molecular weight excluding hydrogens is 316 g/mol. The Hall–Kier alpha value is -1.69. The first-order valence-electron chi connectivity index (χ1n) is 5.70. The number of carbonyl (C=O) groups excluding carboxylic acids is 3. The lowest BCUT2D eigenvalue weighted by atomic mass is 10.0. The molecule has 19 heavy (non-hydrogen) atoms. The van der Waals surface area contributed by atoms with Gasteiger partial charge < -0.3 is 9.47 Å². The van der Waals surface area contributed by atoms with Crippen molar-refractivity contribution in [3.05, 3.63) is 34.9 Å². The third-order valence-electron chi connectivity index (χ3n) is 2.25. The van der Waals surface area contributed by atoms with Crippen LogP contribution in [-0.4, -0.2) is 29.8 Å². The van der Waals surface area contributed by atoms with Crippen LogP contribution in [0.2, 0.25) is 0 Å². The minimum atomic E-state index is -0.728. The fraction of sp³-hybridized carbons (Fsp3) is 0.308. The predicted octanol–water partition coefficient (Wildman–Crippen LogP) is 2.58. The van der Waals surface area contributed by atoms with E-state index in [2.05, 4.69) is 15.9 Å². The van der Waals surface area contributed by atoms with Crippen molar-refractivity contribution in [3.63, 3.8) is 0 Å². The normalized spacial score (nSPS) is 9.84. The molecule has 0 N–H and O–H groups in total. The zero-order valence-corrected chi connectivity index (χ0v) is 12.2. The van der Waals surface area contributed by atoms with Crippen molar-refractivity contribution in [2.24, 2.45) is 0 Å². The van der Waals surface area contributed by atoms with E-state index in [4.69, 9.17) is 9.47 Å². The second-order valence-electron chi connectivity index (χ2n) is 3.44. The van der Waals surface area contributed by atoms with Crippen LogP contribution < -0.4 is 0 Å². The van der Waals surface area contributed by atoms with E-state index in [1.54, 1.807) is 13.8 Å². The third kappa shape index (κ3) is 3.64. The molecule has 0 spiro atoms. The highest BCUT2D eigenvalue weighted by atomic mass is 79.9. The second kappa shape index (κ2) is 7.04.